The van der Waals surface area contributed by atoms with Crippen LogP contribution in [0.4, 0.5) is 0 Å². The highest BCUT2D eigenvalue weighted by atomic mass is 32.2. The van der Waals surface area contributed by atoms with E-state index in [4.69, 9.17) is 0 Å². The van der Waals surface area contributed by atoms with Gasteiger partial charge in [-0.25, -0.2) is 8.42 Å². The molecule has 1 aromatic rings. The topological polar surface area (TPSA) is 72.3 Å². The molecule has 1 aliphatic rings. The highest BCUT2D eigenvalue weighted by Gasteiger charge is 2.35. The van der Waals surface area contributed by atoms with Crippen molar-refractivity contribution in [1.82, 2.24) is 14.7 Å². The third kappa shape index (κ3) is 3.04. The average Bonchev–Trinajstić information content (AvgIpc) is 2.95. The van der Waals surface area contributed by atoms with Crippen LogP contribution in [0.3, 0.4) is 0 Å². The van der Waals surface area contributed by atoms with Crippen LogP contribution in [-0.4, -0.2) is 46.6 Å². The number of nitrogens with zero attached hydrogens (tertiary/aromatic N) is 3. The normalized spacial score (nSPS) is 19.2. The molecule has 22 heavy (non-hydrogen) atoms. The van der Waals surface area contributed by atoms with Crippen molar-refractivity contribution in [2.24, 2.45) is 7.05 Å². The van der Waals surface area contributed by atoms with Crippen LogP contribution in [0.5, 0.6) is 0 Å². The first-order chi connectivity index (χ1) is 10.1. The molecule has 2 rings (SSSR count). The van der Waals surface area contributed by atoms with E-state index in [9.17, 15) is 13.2 Å². The van der Waals surface area contributed by atoms with Crippen LogP contribution in [-0.2, 0) is 21.7 Å². The number of likely N-dealkylation sites (tertiary alicyclic amines) is 1. The van der Waals surface area contributed by atoms with Crippen molar-refractivity contribution in [3.8, 4) is 0 Å². The summed E-state index contributed by atoms with van der Waals surface area (Å²) in [5.74, 6) is -0.696. The molecule has 0 N–H and O–H groups in total. The van der Waals surface area contributed by atoms with Gasteiger partial charge in [-0.2, -0.15) is 5.10 Å². The zero-order valence-corrected chi connectivity index (χ0v) is 14.8. The molecular formula is C15H25N3O3S. The van der Waals surface area contributed by atoms with Crippen molar-refractivity contribution in [3.05, 3.63) is 17.0 Å². The standard InChI is InChI=1S/C15H25N3O3S/c1-10(2)22(20,21)9-14(19)18-8-6-7-13(18)15-11(3)16-17(5)12(15)4/h10,13H,6-9H2,1-5H3. The monoisotopic (exact) mass is 327 g/mol. The van der Waals surface area contributed by atoms with Crippen molar-refractivity contribution in [3.63, 3.8) is 0 Å². The summed E-state index contributed by atoms with van der Waals surface area (Å²) >= 11 is 0. The second kappa shape index (κ2) is 6.02. The molecule has 6 nitrogen and oxygen atoms in total. The van der Waals surface area contributed by atoms with Gasteiger partial charge in [0.1, 0.15) is 5.75 Å². The van der Waals surface area contributed by atoms with Crippen molar-refractivity contribution < 1.29 is 13.2 Å². The fourth-order valence-corrected chi connectivity index (χ4v) is 3.90. The van der Waals surface area contributed by atoms with Gasteiger partial charge in [0.25, 0.3) is 0 Å². The van der Waals surface area contributed by atoms with E-state index in [0.717, 1.165) is 29.8 Å². The molecule has 0 saturated carbocycles. The Bertz CT molecular complexity index is 676. The lowest BCUT2D eigenvalue weighted by molar-refractivity contribution is -0.129. The minimum absolute atomic E-state index is 0.0523. The number of sulfone groups is 1. The van der Waals surface area contributed by atoms with E-state index in [1.165, 1.54) is 0 Å². The van der Waals surface area contributed by atoms with E-state index in [2.05, 4.69) is 5.10 Å². The summed E-state index contributed by atoms with van der Waals surface area (Å²) in [5, 5.41) is 3.88. The molecule has 1 unspecified atom stereocenters. The molecule has 0 spiro atoms. The van der Waals surface area contributed by atoms with E-state index in [0.29, 0.717) is 6.54 Å². The second-order valence-electron chi connectivity index (χ2n) is 6.31. The molecule has 7 heteroatoms. The lowest BCUT2D eigenvalue weighted by atomic mass is 10.0. The summed E-state index contributed by atoms with van der Waals surface area (Å²) in [6.07, 6.45) is 1.76. The Morgan fingerprint density at radius 1 is 1.36 bits per heavy atom. The average molecular weight is 327 g/mol. The molecule has 124 valence electrons. The van der Waals surface area contributed by atoms with Gasteiger partial charge in [0.15, 0.2) is 9.84 Å². The number of rotatable bonds is 4. The minimum Gasteiger partial charge on any atom is -0.335 e. The first-order valence-corrected chi connectivity index (χ1v) is 9.37. The van der Waals surface area contributed by atoms with Crippen molar-refractivity contribution in [1.29, 1.82) is 0 Å². The molecule has 0 radical (unpaired) electrons. The summed E-state index contributed by atoms with van der Waals surface area (Å²) in [6, 6.07) is -0.0523. The second-order valence-corrected chi connectivity index (χ2v) is 8.87. The molecule has 1 atom stereocenters. The van der Waals surface area contributed by atoms with Crippen LogP contribution in [0.25, 0.3) is 0 Å². The SMILES string of the molecule is Cc1nn(C)c(C)c1C1CCCN1C(=O)CS(=O)(=O)C(C)C. The number of amides is 1. The van der Waals surface area contributed by atoms with Crippen molar-refractivity contribution >= 4 is 15.7 Å². The van der Waals surface area contributed by atoms with E-state index in [1.54, 1.807) is 18.7 Å². The Morgan fingerprint density at radius 3 is 2.50 bits per heavy atom. The van der Waals surface area contributed by atoms with Gasteiger partial charge < -0.3 is 4.90 Å². The van der Waals surface area contributed by atoms with Crippen LogP contribution in [0.1, 0.15) is 49.7 Å². The van der Waals surface area contributed by atoms with Gasteiger partial charge in [0, 0.05) is 24.8 Å². The number of aryl methyl sites for hydroxylation is 2. The Hall–Kier alpha value is -1.37. The summed E-state index contributed by atoms with van der Waals surface area (Å²) in [5.41, 5.74) is 3.01. The Labute approximate surface area is 132 Å². The van der Waals surface area contributed by atoms with E-state index >= 15 is 0 Å². The maximum atomic E-state index is 12.5. The highest BCUT2D eigenvalue weighted by Crippen LogP contribution is 2.35. The van der Waals surface area contributed by atoms with Crippen molar-refractivity contribution in [2.75, 3.05) is 12.3 Å². The van der Waals surface area contributed by atoms with Crippen LogP contribution in [0.2, 0.25) is 0 Å². The van der Waals surface area contributed by atoms with Crippen LogP contribution < -0.4 is 0 Å². The van der Waals surface area contributed by atoms with E-state index in [1.807, 2.05) is 25.6 Å². The molecule has 1 amide bonds. The number of hydrogen-bond acceptors (Lipinski definition) is 4. The summed E-state index contributed by atoms with van der Waals surface area (Å²) in [7, 11) is -1.48. The largest absolute Gasteiger partial charge is 0.335 e. The number of hydrogen-bond donors (Lipinski definition) is 0. The van der Waals surface area contributed by atoms with Crippen molar-refractivity contribution in [2.45, 2.75) is 51.8 Å². The predicted molar refractivity (Wildman–Crippen MR) is 85.3 cm³/mol. The quantitative estimate of drug-likeness (QED) is 0.840. The predicted octanol–water partition coefficient (Wildman–Crippen LogP) is 1.52. The molecule has 0 aliphatic carbocycles. The third-order valence-corrected chi connectivity index (χ3v) is 6.60. The molecule has 1 aliphatic heterocycles. The van der Waals surface area contributed by atoms with Gasteiger partial charge >= 0.3 is 0 Å². The van der Waals surface area contributed by atoms with Gasteiger partial charge in [0.2, 0.25) is 5.91 Å². The zero-order chi connectivity index (χ0) is 16.7. The molecule has 1 aromatic heterocycles. The maximum Gasteiger partial charge on any atom is 0.238 e. The lowest BCUT2D eigenvalue weighted by Gasteiger charge is -2.25. The fraction of sp³-hybridized carbons (Fsp3) is 0.733. The first-order valence-electron chi connectivity index (χ1n) is 7.66. The number of carbonyl (C=O) groups excluding carboxylic acids is 1. The Morgan fingerprint density at radius 2 is 2.00 bits per heavy atom. The van der Waals surface area contributed by atoms with Gasteiger partial charge in [-0.3, -0.25) is 9.48 Å². The number of aromatic nitrogens is 2. The van der Waals surface area contributed by atoms with E-state index < -0.39 is 20.8 Å². The van der Waals surface area contributed by atoms with E-state index in [-0.39, 0.29) is 11.9 Å². The Balaban J connectivity index is 2.26. The van der Waals surface area contributed by atoms with Gasteiger partial charge in [-0.05, 0) is 40.5 Å². The van der Waals surface area contributed by atoms with Gasteiger partial charge in [0.05, 0.1) is 17.0 Å². The highest BCUT2D eigenvalue weighted by molar-refractivity contribution is 7.92. The molecular weight excluding hydrogens is 302 g/mol. The molecule has 0 bridgehead atoms. The van der Waals surface area contributed by atoms with Gasteiger partial charge in [-0.1, -0.05) is 0 Å². The third-order valence-electron chi connectivity index (χ3n) is 4.51. The fourth-order valence-electron chi connectivity index (χ4n) is 3.06. The van der Waals surface area contributed by atoms with Crippen LogP contribution in [0.15, 0.2) is 0 Å². The first kappa shape index (κ1) is 17.0. The summed E-state index contributed by atoms with van der Waals surface area (Å²) in [4.78, 5) is 14.2. The smallest absolute Gasteiger partial charge is 0.238 e. The minimum atomic E-state index is -3.37. The van der Waals surface area contributed by atoms with Crippen LogP contribution >= 0.6 is 0 Å². The van der Waals surface area contributed by atoms with Crippen LogP contribution in [0, 0.1) is 13.8 Å². The maximum absolute atomic E-state index is 12.5. The van der Waals surface area contributed by atoms with Gasteiger partial charge in [-0.15, -0.1) is 0 Å². The summed E-state index contributed by atoms with van der Waals surface area (Å²) in [6.45, 7) is 7.76. The molecule has 1 fully saturated rings. The summed E-state index contributed by atoms with van der Waals surface area (Å²) < 4.78 is 25.8. The molecule has 0 aromatic carbocycles. The lowest BCUT2D eigenvalue weighted by Crippen LogP contribution is -2.37. The Kier molecular flexibility index (Phi) is 4.65. The number of carbonyl (C=O) groups is 1. The molecule has 1 saturated heterocycles. The zero-order valence-electron chi connectivity index (χ0n) is 14.0. The molecule has 2 heterocycles.